The Balaban J connectivity index is 2.29. The molecule has 5 nitrogen and oxygen atoms in total. The SMILES string of the molecule is C[C@@H](N)C(=O)NCCNC(=O)c1ccc(Br)cc1. The molecule has 1 atom stereocenters. The van der Waals surface area contributed by atoms with E-state index in [1.54, 1.807) is 31.2 Å². The second kappa shape index (κ2) is 7.13. The number of carbonyl (C=O) groups excluding carboxylic acids is 2. The molecule has 1 aromatic carbocycles. The fourth-order valence-corrected chi connectivity index (χ4v) is 1.49. The van der Waals surface area contributed by atoms with Crippen LogP contribution >= 0.6 is 15.9 Å². The molecule has 1 aromatic rings. The molecule has 0 aliphatic carbocycles. The highest BCUT2D eigenvalue weighted by molar-refractivity contribution is 9.10. The first-order valence-corrected chi connectivity index (χ1v) is 6.37. The van der Waals surface area contributed by atoms with E-state index >= 15 is 0 Å². The summed E-state index contributed by atoms with van der Waals surface area (Å²) in [6.07, 6.45) is 0. The maximum absolute atomic E-state index is 11.7. The van der Waals surface area contributed by atoms with Crippen LogP contribution in [0.15, 0.2) is 28.7 Å². The average Bonchev–Trinajstić information content (AvgIpc) is 2.34. The summed E-state index contributed by atoms with van der Waals surface area (Å²) in [7, 11) is 0. The van der Waals surface area contributed by atoms with Crippen molar-refractivity contribution in [2.45, 2.75) is 13.0 Å². The molecular weight excluding hydrogens is 298 g/mol. The predicted molar refractivity (Wildman–Crippen MR) is 73.1 cm³/mol. The van der Waals surface area contributed by atoms with Gasteiger partial charge in [-0.1, -0.05) is 15.9 Å². The van der Waals surface area contributed by atoms with Crippen molar-refractivity contribution in [2.75, 3.05) is 13.1 Å². The molecule has 0 bridgehead atoms. The molecule has 0 aliphatic rings. The molecule has 18 heavy (non-hydrogen) atoms. The Morgan fingerprint density at radius 3 is 2.33 bits per heavy atom. The Morgan fingerprint density at radius 1 is 1.22 bits per heavy atom. The van der Waals surface area contributed by atoms with E-state index in [1.807, 2.05) is 0 Å². The van der Waals surface area contributed by atoms with Gasteiger partial charge in [0.05, 0.1) is 6.04 Å². The zero-order valence-corrected chi connectivity index (χ0v) is 11.7. The summed E-state index contributed by atoms with van der Waals surface area (Å²) >= 11 is 3.30. The minimum absolute atomic E-state index is 0.169. The summed E-state index contributed by atoms with van der Waals surface area (Å²) in [5, 5.41) is 5.31. The fraction of sp³-hybridized carbons (Fsp3) is 0.333. The van der Waals surface area contributed by atoms with E-state index in [2.05, 4.69) is 26.6 Å². The summed E-state index contributed by atoms with van der Waals surface area (Å²) in [5.74, 6) is -0.398. The highest BCUT2D eigenvalue weighted by atomic mass is 79.9. The van der Waals surface area contributed by atoms with Crippen LogP contribution in [0, 0.1) is 0 Å². The lowest BCUT2D eigenvalue weighted by Crippen LogP contribution is -2.42. The number of benzene rings is 1. The molecule has 98 valence electrons. The molecule has 4 N–H and O–H groups in total. The van der Waals surface area contributed by atoms with Crippen molar-refractivity contribution < 1.29 is 9.59 Å². The van der Waals surface area contributed by atoms with Gasteiger partial charge in [-0.3, -0.25) is 9.59 Å². The second-order valence-corrected chi connectivity index (χ2v) is 4.76. The smallest absolute Gasteiger partial charge is 0.251 e. The lowest BCUT2D eigenvalue weighted by atomic mass is 10.2. The fourth-order valence-electron chi connectivity index (χ4n) is 1.23. The molecular formula is C12H16BrN3O2. The highest BCUT2D eigenvalue weighted by Gasteiger charge is 2.07. The van der Waals surface area contributed by atoms with Crippen LogP contribution in [0.25, 0.3) is 0 Å². The quantitative estimate of drug-likeness (QED) is 0.698. The first-order chi connectivity index (χ1) is 8.50. The Bertz CT molecular complexity index is 418. The maximum Gasteiger partial charge on any atom is 0.251 e. The molecule has 0 unspecified atom stereocenters. The number of hydrogen-bond acceptors (Lipinski definition) is 3. The molecule has 1 rings (SSSR count). The van der Waals surface area contributed by atoms with Gasteiger partial charge in [-0.15, -0.1) is 0 Å². The molecule has 0 heterocycles. The number of carbonyl (C=O) groups is 2. The number of amides is 2. The minimum atomic E-state index is -0.535. The molecule has 0 radical (unpaired) electrons. The van der Waals surface area contributed by atoms with Crippen LogP contribution in [0.3, 0.4) is 0 Å². The zero-order valence-electron chi connectivity index (χ0n) is 10.1. The highest BCUT2D eigenvalue weighted by Crippen LogP contribution is 2.10. The Labute approximate surface area is 114 Å². The van der Waals surface area contributed by atoms with Gasteiger partial charge in [-0.05, 0) is 31.2 Å². The molecule has 0 fully saturated rings. The van der Waals surface area contributed by atoms with E-state index in [9.17, 15) is 9.59 Å². The number of rotatable bonds is 5. The molecule has 0 aromatic heterocycles. The third kappa shape index (κ3) is 4.85. The van der Waals surface area contributed by atoms with E-state index in [0.29, 0.717) is 18.7 Å². The average molecular weight is 314 g/mol. The lowest BCUT2D eigenvalue weighted by molar-refractivity contribution is -0.121. The van der Waals surface area contributed by atoms with Crippen molar-refractivity contribution in [3.63, 3.8) is 0 Å². The van der Waals surface area contributed by atoms with Crippen LogP contribution < -0.4 is 16.4 Å². The number of nitrogens with two attached hydrogens (primary N) is 1. The molecule has 6 heteroatoms. The summed E-state index contributed by atoms with van der Waals surface area (Å²) in [6, 6.07) is 6.51. The van der Waals surface area contributed by atoms with Gasteiger partial charge < -0.3 is 16.4 Å². The third-order valence-electron chi connectivity index (χ3n) is 2.23. The number of halogens is 1. The summed E-state index contributed by atoms with van der Waals surface area (Å²) in [6.45, 7) is 2.34. The van der Waals surface area contributed by atoms with Crippen LogP contribution in [0.5, 0.6) is 0 Å². The van der Waals surface area contributed by atoms with Crippen molar-refractivity contribution in [3.05, 3.63) is 34.3 Å². The van der Waals surface area contributed by atoms with Gasteiger partial charge in [-0.25, -0.2) is 0 Å². The van der Waals surface area contributed by atoms with Crippen molar-refractivity contribution in [3.8, 4) is 0 Å². The molecule has 2 amide bonds. The monoisotopic (exact) mass is 313 g/mol. The van der Waals surface area contributed by atoms with E-state index < -0.39 is 6.04 Å². The van der Waals surface area contributed by atoms with E-state index in [-0.39, 0.29) is 11.8 Å². The first-order valence-electron chi connectivity index (χ1n) is 5.58. The van der Waals surface area contributed by atoms with Crippen molar-refractivity contribution in [1.29, 1.82) is 0 Å². The van der Waals surface area contributed by atoms with Gasteiger partial charge in [0.1, 0.15) is 0 Å². The van der Waals surface area contributed by atoms with Gasteiger partial charge in [0.2, 0.25) is 5.91 Å². The van der Waals surface area contributed by atoms with Crippen LogP contribution in [0.1, 0.15) is 17.3 Å². The molecule has 0 spiro atoms. The first kappa shape index (κ1) is 14.7. The molecule has 0 saturated heterocycles. The number of hydrogen-bond donors (Lipinski definition) is 3. The predicted octanol–water partition coefficient (Wildman–Crippen LogP) is 0.642. The lowest BCUT2D eigenvalue weighted by Gasteiger charge is -2.08. The maximum atomic E-state index is 11.7. The Hall–Kier alpha value is -1.40. The van der Waals surface area contributed by atoms with Crippen LogP contribution in [0.2, 0.25) is 0 Å². The standard InChI is InChI=1S/C12H16BrN3O2/c1-8(14)11(17)15-6-7-16-12(18)9-2-4-10(13)5-3-9/h2-5,8H,6-7,14H2,1H3,(H,15,17)(H,16,18)/t8-/m1/s1. The summed E-state index contributed by atoms with van der Waals surface area (Å²) in [5.41, 5.74) is 5.96. The van der Waals surface area contributed by atoms with E-state index in [1.165, 1.54) is 0 Å². The second-order valence-electron chi connectivity index (χ2n) is 3.84. The van der Waals surface area contributed by atoms with Crippen LogP contribution in [0.4, 0.5) is 0 Å². The van der Waals surface area contributed by atoms with Crippen molar-refractivity contribution >= 4 is 27.7 Å². The van der Waals surface area contributed by atoms with E-state index in [4.69, 9.17) is 5.73 Å². The van der Waals surface area contributed by atoms with Gasteiger partial charge in [0.15, 0.2) is 0 Å². The summed E-state index contributed by atoms with van der Waals surface area (Å²) in [4.78, 5) is 22.8. The largest absolute Gasteiger partial charge is 0.353 e. The normalized spacial score (nSPS) is 11.7. The van der Waals surface area contributed by atoms with Crippen molar-refractivity contribution in [1.82, 2.24) is 10.6 Å². The van der Waals surface area contributed by atoms with Gasteiger partial charge in [0, 0.05) is 23.1 Å². The number of nitrogens with one attached hydrogen (secondary N) is 2. The van der Waals surface area contributed by atoms with Gasteiger partial charge in [-0.2, -0.15) is 0 Å². The molecule has 0 saturated carbocycles. The zero-order chi connectivity index (χ0) is 13.5. The van der Waals surface area contributed by atoms with Crippen LogP contribution in [-0.4, -0.2) is 30.9 Å². The van der Waals surface area contributed by atoms with Crippen molar-refractivity contribution in [2.24, 2.45) is 5.73 Å². The van der Waals surface area contributed by atoms with Crippen LogP contribution in [-0.2, 0) is 4.79 Å². The Morgan fingerprint density at radius 2 is 1.78 bits per heavy atom. The Kier molecular flexibility index (Phi) is 5.80. The van der Waals surface area contributed by atoms with Gasteiger partial charge in [0.25, 0.3) is 5.91 Å². The summed E-state index contributed by atoms with van der Waals surface area (Å²) < 4.78 is 0.920. The topological polar surface area (TPSA) is 84.2 Å². The minimum Gasteiger partial charge on any atom is -0.353 e. The van der Waals surface area contributed by atoms with E-state index in [0.717, 1.165) is 4.47 Å². The third-order valence-corrected chi connectivity index (χ3v) is 2.76. The van der Waals surface area contributed by atoms with Gasteiger partial charge >= 0.3 is 0 Å². The molecule has 0 aliphatic heterocycles.